The van der Waals surface area contributed by atoms with E-state index in [1.54, 1.807) is 35.7 Å². The molecule has 1 aliphatic heterocycles. The SMILES string of the molecule is O=C(NCc1ccccc1F)C1CCN(c2nc3cccnc3s2)CC1. The van der Waals surface area contributed by atoms with E-state index in [-0.39, 0.29) is 24.2 Å². The van der Waals surface area contributed by atoms with Crippen LogP contribution in [-0.4, -0.2) is 29.0 Å². The van der Waals surface area contributed by atoms with Crippen LogP contribution in [-0.2, 0) is 11.3 Å². The van der Waals surface area contributed by atoms with Gasteiger partial charge in [0.05, 0.1) is 0 Å². The first-order valence-corrected chi connectivity index (χ1v) is 9.50. The molecule has 0 atom stereocenters. The number of benzene rings is 1. The van der Waals surface area contributed by atoms with Gasteiger partial charge in [-0.1, -0.05) is 29.5 Å². The van der Waals surface area contributed by atoms with Crippen molar-refractivity contribution in [2.24, 2.45) is 5.92 Å². The first-order valence-electron chi connectivity index (χ1n) is 8.68. The highest BCUT2D eigenvalue weighted by Crippen LogP contribution is 2.30. The van der Waals surface area contributed by atoms with Crippen molar-refractivity contribution in [3.8, 4) is 0 Å². The topological polar surface area (TPSA) is 58.1 Å². The summed E-state index contributed by atoms with van der Waals surface area (Å²) in [6, 6.07) is 10.4. The lowest BCUT2D eigenvalue weighted by Crippen LogP contribution is -2.40. The van der Waals surface area contributed by atoms with Crippen LogP contribution >= 0.6 is 11.3 Å². The molecule has 1 amide bonds. The molecule has 0 bridgehead atoms. The zero-order chi connectivity index (χ0) is 17.9. The van der Waals surface area contributed by atoms with Gasteiger partial charge in [0.15, 0.2) is 5.13 Å². The van der Waals surface area contributed by atoms with Gasteiger partial charge < -0.3 is 10.2 Å². The third kappa shape index (κ3) is 3.53. The summed E-state index contributed by atoms with van der Waals surface area (Å²) < 4.78 is 13.6. The second kappa shape index (κ2) is 7.37. The van der Waals surface area contributed by atoms with Gasteiger partial charge in [0.25, 0.3) is 0 Å². The Morgan fingerprint density at radius 2 is 2.04 bits per heavy atom. The first kappa shape index (κ1) is 16.9. The van der Waals surface area contributed by atoms with Gasteiger partial charge in [-0.05, 0) is 31.0 Å². The lowest BCUT2D eigenvalue weighted by Gasteiger charge is -2.31. The molecular weight excluding hydrogens is 351 g/mol. The number of fused-ring (bicyclic) bond motifs is 1. The van der Waals surface area contributed by atoms with E-state index in [2.05, 4.69) is 20.2 Å². The summed E-state index contributed by atoms with van der Waals surface area (Å²) in [5.74, 6) is -0.323. The van der Waals surface area contributed by atoms with Crippen molar-refractivity contribution in [2.75, 3.05) is 18.0 Å². The Morgan fingerprint density at radius 3 is 2.81 bits per heavy atom. The summed E-state index contributed by atoms with van der Waals surface area (Å²) in [5.41, 5.74) is 1.43. The van der Waals surface area contributed by atoms with Crippen molar-refractivity contribution in [1.29, 1.82) is 0 Å². The number of piperidine rings is 1. The number of halogens is 1. The minimum atomic E-state index is -0.285. The van der Waals surface area contributed by atoms with Crippen molar-refractivity contribution in [2.45, 2.75) is 19.4 Å². The lowest BCUT2D eigenvalue weighted by atomic mass is 9.96. The van der Waals surface area contributed by atoms with E-state index in [9.17, 15) is 9.18 Å². The Labute approximate surface area is 154 Å². The summed E-state index contributed by atoms with van der Waals surface area (Å²) in [6.45, 7) is 1.81. The van der Waals surface area contributed by atoms with Crippen LogP contribution in [0, 0.1) is 11.7 Å². The number of rotatable bonds is 4. The maximum absolute atomic E-state index is 13.6. The lowest BCUT2D eigenvalue weighted by molar-refractivity contribution is -0.125. The first-order chi connectivity index (χ1) is 12.7. The molecule has 1 aliphatic rings. The summed E-state index contributed by atoms with van der Waals surface area (Å²) in [6.07, 6.45) is 3.31. The Bertz CT molecular complexity index is 888. The maximum Gasteiger partial charge on any atom is 0.223 e. The molecule has 1 saturated heterocycles. The van der Waals surface area contributed by atoms with Gasteiger partial charge in [-0.2, -0.15) is 0 Å². The average Bonchev–Trinajstić information content (AvgIpc) is 3.11. The van der Waals surface area contributed by atoms with Gasteiger partial charge in [-0.15, -0.1) is 0 Å². The quantitative estimate of drug-likeness (QED) is 0.765. The van der Waals surface area contributed by atoms with E-state index in [1.807, 2.05) is 12.1 Å². The second-order valence-electron chi connectivity index (χ2n) is 6.39. The molecule has 0 radical (unpaired) electrons. The fourth-order valence-electron chi connectivity index (χ4n) is 3.20. The molecule has 1 N–H and O–H groups in total. The number of carbonyl (C=O) groups is 1. The number of amides is 1. The molecule has 4 rings (SSSR count). The molecule has 1 aromatic carbocycles. The zero-order valence-electron chi connectivity index (χ0n) is 14.2. The fourth-order valence-corrected chi connectivity index (χ4v) is 4.16. The number of anilines is 1. The molecule has 134 valence electrons. The minimum absolute atomic E-state index is 0.00105. The van der Waals surface area contributed by atoms with Crippen molar-refractivity contribution in [3.63, 3.8) is 0 Å². The molecule has 0 saturated carbocycles. The number of pyridine rings is 1. The van der Waals surface area contributed by atoms with Gasteiger partial charge in [0.1, 0.15) is 16.2 Å². The fraction of sp³-hybridized carbons (Fsp3) is 0.316. The van der Waals surface area contributed by atoms with Crippen LogP contribution in [0.25, 0.3) is 10.3 Å². The standard InChI is InChI=1S/C19H19FN4OS/c20-15-5-2-1-4-14(15)12-22-17(25)13-7-10-24(11-8-13)19-23-16-6-3-9-21-18(16)26-19/h1-6,9,13H,7-8,10-12H2,(H,22,25). The number of hydrogen-bond donors (Lipinski definition) is 1. The molecule has 0 spiro atoms. The molecular formula is C19H19FN4OS. The van der Waals surface area contributed by atoms with E-state index >= 15 is 0 Å². The van der Waals surface area contributed by atoms with E-state index in [4.69, 9.17) is 0 Å². The Morgan fingerprint density at radius 1 is 1.23 bits per heavy atom. The predicted octanol–water partition coefficient (Wildman–Crippen LogP) is 3.36. The van der Waals surface area contributed by atoms with Gasteiger partial charge in [0, 0.05) is 37.3 Å². The minimum Gasteiger partial charge on any atom is -0.352 e. The largest absolute Gasteiger partial charge is 0.352 e. The van der Waals surface area contributed by atoms with Crippen molar-refractivity contribution in [1.82, 2.24) is 15.3 Å². The number of hydrogen-bond acceptors (Lipinski definition) is 5. The van der Waals surface area contributed by atoms with Gasteiger partial charge in [-0.3, -0.25) is 4.79 Å². The van der Waals surface area contributed by atoms with Crippen LogP contribution < -0.4 is 10.2 Å². The Kier molecular flexibility index (Phi) is 4.79. The maximum atomic E-state index is 13.6. The number of nitrogens with zero attached hydrogens (tertiary/aromatic N) is 3. The van der Waals surface area contributed by atoms with E-state index in [0.29, 0.717) is 5.56 Å². The van der Waals surface area contributed by atoms with Crippen LogP contribution in [0.5, 0.6) is 0 Å². The van der Waals surface area contributed by atoms with Gasteiger partial charge in [0.2, 0.25) is 5.91 Å². The molecule has 0 unspecified atom stereocenters. The molecule has 3 aromatic rings. The van der Waals surface area contributed by atoms with E-state index in [0.717, 1.165) is 41.4 Å². The highest BCUT2D eigenvalue weighted by atomic mass is 32.1. The normalized spacial score (nSPS) is 15.3. The molecule has 7 heteroatoms. The third-order valence-electron chi connectivity index (χ3n) is 4.70. The highest BCUT2D eigenvalue weighted by Gasteiger charge is 2.26. The highest BCUT2D eigenvalue weighted by molar-refractivity contribution is 7.21. The molecule has 26 heavy (non-hydrogen) atoms. The number of aromatic nitrogens is 2. The number of nitrogens with one attached hydrogen (secondary N) is 1. The summed E-state index contributed by atoms with van der Waals surface area (Å²) in [4.78, 5) is 24.5. The smallest absolute Gasteiger partial charge is 0.223 e. The Balaban J connectivity index is 1.33. The van der Waals surface area contributed by atoms with Crippen molar-refractivity contribution < 1.29 is 9.18 Å². The molecule has 1 fully saturated rings. The van der Waals surface area contributed by atoms with Crippen molar-refractivity contribution in [3.05, 3.63) is 54.0 Å². The molecule has 0 aliphatic carbocycles. The Hall–Kier alpha value is -2.54. The number of carbonyl (C=O) groups excluding carboxylic acids is 1. The second-order valence-corrected chi connectivity index (χ2v) is 7.35. The van der Waals surface area contributed by atoms with Crippen LogP contribution in [0.4, 0.5) is 9.52 Å². The summed E-state index contributed by atoms with van der Waals surface area (Å²) in [7, 11) is 0. The summed E-state index contributed by atoms with van der Waals surface area (Å²) >= 11 is 1.58. The van der Waals surface area contributed by atoms with Crippen LogP contribution in [0.2, 0.25) is 0 Å². The summed E-state index contributed by atoms with van der Waals surface area (Å²) in [5, 5.41) is 3.83. The predicted molar refractivity (Wildman–Crippen MR) is 101 cm³/mol. The molecule has 2 aromatic heterocycles. The number of thiazole rings is 1. The van der Waals surface area contributed by atoms with Crippen LogP contribution in [0.15, 0.2) is 42.6 Å². The molecule has 5 nitrogen and oxygen atoms in total. The monoisotopic (exact) mass is 370 g/mol. The van der Waals surface area contributed by atoms with Crippen LogP contribution in [0.3, 0.4) is 0 Å². The van der Waals surface area contributed by atoms with Crippen LogP contribution in [0.1, 0.15) is 18.4 Å². The third-order valence-corrected chi connectivity index (χ3v) is 5.74. The molecule has 3 heterocycles. The van der Waals surface area contributed by atoms with Gasteiger partial charge in [-0.25, -0.2) is 14.4 Å². The van der Waals surface area contributed by atoms with E-state index in [1.165, 1.54) is 6.07 Å². The zero-order valence-corrected chi connectivity index (χ0v) is 15.0. The van der Waals surface area contributed by atoms with E-state index < -0.39 is 0 Å². The van der Waals surface area contributed by atoms with Gasteiger partial charge >= 0.3 is 0 Å². The average molecular weight is 370 g/mol. The van der Waals surface area contributed by atoms with Crippen molar-refractivity contribution >= 4 is 32.7 Å².